The lowest BCUT2D eigenvalue weighted by Crippen LogP contribution is -2.19. The molecule has 1 N–H and O–H groups in total. The van der Waals surface area contributed by atoms with E-state index in [1.165, 1.54) is 66.6 Å². The van der Waals surface area contributed by atoms with Gasteiger partial charge < -0.3 is 10.0 Å². The summed E-state index contributed by atoms with van der Waals surface area (Å²) >= 11 is 0. The first-order valence-electron chi connectivity index (χ1n) is 14.3. The fraction of sp³-hybridized carbons (Fsp3) is 0.559. The number of aromatic carboxylic acids is 1. The summed E-state index contributed by atoms with van der Waals surface area (Å²) in [6.45, 7) is 22.3. The summed E-state index contributed by atoms with van der Waals surface area (Å²) < 4.78 is 0. The molecule has 0 fully saturated rings. The third-order valence-electron chi connectivity index (χ3n) is 6.56. The zero-order valence-corrected chi connectivity index (χ0v) is 25.6. The van der Waals surface area contributed by atoms with E-state index in [0.717, 1.165) is 24.3 Å². The smallest absolute Gasteiger partial charge is 0.335 e. The lowest BCUT2D eigenvalue weighted by atomic mass is 9.93. The minimum atomic E-state index is -0.884. The third kappa shape index (κ3) is 14.8. The van der Waals surface area contributed by atoms with Gasteiger partial charge in [0, 0.05) is 0 Å². The van der Waals surface area contributed by atoms with Crippen LogP contribution in [0.5, 0.6) is 0 Å². The van der Waals surface area contributed by atoms with Crippen molar-refractivity contribution in [2.75, 3.05) is 20.1 Å². The van der Waals surface area contributed by atoms with Gasteiger partial charge in [-0.15, -0.1) is 0 Å². The Labute approximate surface area is 229 Å². The van der Waals surface area contributed by atoms with Gasteiger partial charge in [0.05, 0.1) is 5.56 Å². The highest BCUT2D eigenvalue weighted by Gasteiger charge is 2.07. The fourth-order valence-electron chi connectivity index (χ4n) is 4.13. The molecule has 0 saturated carbocycles. The summed E-state index contributed by atoms with van der Waals surface area (Å²) in [4.78, 5) is 13.3. The summed E-state index contributed by atoms with van der Waals surface area (Å²) in [6, 6.07) is 13.7. The molecule has 208 valence electrons. The van der Waals surface area contributed by atoms with Crippen LogP contribution in [0.2, 0.25) is 0 Å². The van der Waals surface area contributed by atoms with E-state index in [9.17, 15) is 4.79 Å². The zero-order valence-electron chi connectivity index (χ0n) is 25.6. The van der Waals surface area contributed by atoms with Crippen molar-refractivity contribution in [3.05, 3.63) is 75.9 Å². The van der Waals surface area contributed by atoms with E-state index in [0.29, 0.717) is 5.56 Å². The third-order valence-corrected chi connectivity index (χ3v) is 6.56. The van der Waals surface area contributed by atoms with E-state index >= 15 is 0 Å². The zero-order chi connectivity index (χ0) is 28.4. The van der Waals surface area contributed by atoms with Gasteiger partial charge in [-0.05, 0) is 112 Å². The maximum absolute atomic E-state index is 10.9. The average molecular weight is 510 g/mol. The van der Waals surface area contributed by atoms with Gasteiger partial charge in [-0.25, -0.2) is 4.79 Å². The number of rotatable bonds is 11. The summed E-state index contributed by atoms with van der Waals surface area (Å²) in [5, 5.41) is 8.96. The van der Waals surface area contributed by atoms with Gasteiger partial charge in [0.1, 0.15) is 0 Å². The number of carboxylic acids is 1. The highest BCUT2D eigenvalue weighted by molar-refractivity contribution is 5.87. The maximum Gasteiger partial charge on any atom is 0.335 e. The maximum atomic E-state index is 10.9. The highest BCUT2D eigenvalue weighted by Crippen LogP contribution is 2.25. The molecule has 0 aliphatic rings. The predicted molar refractivity (Wildman–Crippen MR) is 164 cm³/mol. The number of nitrogens with zero attached hydrogens (tertiary/aromatic N) is 1. The average Bonchev–Trinajstić information content (AvgIpc) is 2.85. The first-order valence-corrected chi connectivity index (χ1v) is 14.3. The lowest BCUT2D eigenvalue weighted by Gasteiger charge is -2.12. The number of aryl methyl sites for hydroxylation is 1. The Morgan fingerprint density at radius 2 is 1.41 bits per heavy atom. The summed E-state index contributed by atoms with van der Waals surface area (Å²) in [7, 11) is 2.17. The molecular formula is C34H55NO2. The van der Waals surface area contributed by atoms with Gasteiger partial charge in [0.25, 0.3) is 0 Å². The fourth-order valence-corrected chi connectivity index (χ4v) is 4.13. The minimum Gasteiger partial charge on any atom is -0.478 e. The van der Waals surface area contributed by atoms with Gasteiger partial charge in [-0.3, -0.25) is 0 Å². The topological polar surface area (TPSA) is 40.5 Å². The molecule has 0 heterocycles. The molecule has 0 aliphatic heterocycles. The molecule has 0 spiro atoms. The van der Waals surface area contributed by atoms with Crippen LogP contribution in [0.15, 0.2) is 48.0 Å². The van der Waals surface area contributed by atoms with E-state index in [4.69, 9.17) is 5.11 Å². The Morgan fingerprint density at radius 1 is 0.865 bits per heavy atom. The second kappa shape index (κ2) is 19.7. The molecule has 0 unspecified atom stereocenters. The first-order chi connectivity index (χ1) is 17.5. The SMILES string of the molecule is CC/C(C)=C(/C)c1cc(Cc2ccc(C(=O)O)cc2)ccc1C.CCCC(C)C.CCCN(C)CCC. The van der Waals surface area contributed by atoms with E-state index in [2.05, 4.69) is 92.5 Å². The number of benzene rings is 2. The minimum absolute atomic E-state index is 0.329. The first kappa shape index (κ1) is 34.6. The predicted octanol–water partition coefficient (Wildman–Crippen LogP) is 9.67. The Bertz CT molecular complexity index is 919. The van der Waals surface area contributed by atoms with Crippen LogP contribution < -0.4 is 0 Å². The second-order valence-electron chi connectivity index (χ2n) is 10.6. The molecule has 0 aromatic heterocycles. The van der Waals surface area contributed by atoms with Crippen LogP contribution in [0, 0.1) is 12.8 Å². The molecule has 2 aromatic rings. The van der Waals surface area contributed by atoms with Crippen LogP contribution in [0.1, 0.15) is 120 Å². The molecule has 0 radical (unpaired) electrons. The van der Waals surface area contributed by atoms with Crippen molar-refractivity contribution in [1.29, 1.82) is 0 Å². The summed E-state index contributed by atoms with van der Waals surface area (Å²) in [5.41, 5.74) is 8.07. The number of allylic oxidation sites excluding steroid dienone is 2. The van der Waals surface area contributed by atoms with Crippen LogP contribution in [-0.4, -0.2) is 36.1 Å². The number of carboxylic acid groups (broad SMARTS) is 1. The Kier molecular flexibility index (Phi) is 18.4. The van der Waals surface area contributed by atoms with Gasteiger partial charge in [0.15, 0.2) is 0 Å². The van der Waals surface area contributed by atoms with Gasteiger partial charge in [-0.1, -0.05) is 90.3 Å². The number of hydrogen-bond acceptors (Lipinski definition) is 2. The van der Waals surface area contributed by atoms with Crippen molar-refractivity contribution >= 4 is 11.5 Å². The molecule has 0 amide bonds. The van der Waals surface area contributed by atoms with Gasteiger partial charge in [-0.2, -0.15) is 0 Å². The van der Waals surface area contributed by atoms with Crippen LogP contribution in [0.3, 0.4) is 0 Å². The second-order valence-corrected chi connectivity index (χ2v) is 10.6. The Balaban J connectivity index is 0.000000762. The van der Waals surface area contributed by atoms with Crippen molar-refractivity contribution in [2.24, 2.45) is 5.92 Å². The van der Waals surface area contributed by atoms with Crippen LogP contribution in [0.25, 0.3) is 5.57 Å². The van der Waals surface area contributed by atoms with Crippen molar-refractivity contribution in [3.8, 4) is 0 Å². The lowest BCUT2D eigenvalue weighted by molar-refractivity contribution is 0.0697. The summed E-state index contributed by atoms with van der Waals surface area (Å²) in [5.74, 6) is 0.0139. The largest absolute Gasteiger partial charge is 0.478 e. The van der Waals surface area contributed by atoms with E-state index in [1.54, 1.807) is 12.1 Å². The number of hydrogen-bond donors (Lipinski definition) is 1. The normalized spacial score (nSPS) is 11.4. The molecule has 0 bridgehead atoms. The molecule has 0 aliphatic carbocycles. The van der Waals surface area contributed by atoms with Crippen molar-refractivity contribution < 1.29 is 9.90 Å². The van der Waals surface area contributed by atoms with E-state index < -0.39 is 5.97 Å². The van der Waals surface area contributed by atoms with Gasteiger partial charge in [0.2, 0.25) is 0 Å². The molecular weight excluding hydrogens is 454 g/mol. The van der Waals surface area contributed by atoms with Crippen LogP contribution >= 0.6 is 0 Å². The molecule has 3 heteroatoms. The van der Waals surface area contributed by atoms with Crippen molar-refractivity contribution in [1.82, 2.24) is 4.90 Å². The van der Waals surface area contributed by atoms with Gasteiger partial charge >= 0.3 is 5.97 Å². The molecule has 37 heavy (non-hydrogen) atoms. The molecule has 2 rings (SSSR count). The van der Waals surface area contributed by atoms with E-state index in [1.807, 2.05) is 12.1 Å². The molecule has 0 saturated heterocycles. The van der Waals surface area contributed by atoms with Crippen molar-refractivity contribution in [2.45, 2.75) is 101 Å². The summed E-state index contributed by atoms with van der Waals surface area (Å²) in [6.07, 6.45) is 7.13. The van der Waals surface area contributed by atoms with Crippen LogP contribution in [0.4, 0.5) is 0 Å². The molecule has 2 aromatic carbocycles. The van der Waals surface area contributed by atoms with E-state index in [-0.39, 0.29) is 0 Å². The molecule has 0 atom stereocenters. The van der Waals surface area contributed by atoms with Crippen LogP contribution in [-0.2, 0) is 6.42 Å². The highest BCUT2D eigenvalue weighted by atomic mass is 16.4. The Hall–Kier alpha value is -2.39. The van der Waals surface area contributed by atoms with Crippen molar-refractivity contribution in [3.63, 3.8) is 0 Å². The Morgan fingerprint density at radius 3 is 1.81 bits per heavy atom. The standard InChI is InChI=1S/C21H24O2.C7H17N.C6H14/c1-5-14(2)16(4)20-13-18(7-6-15(20)3)12-17-8-10-19(11-9-17)21(22)23;1-4-6-8(3)7-5-2;1-4-5-6(2)3/h6-11,13H,5,12H2,1-4H3,(H,22,23);4-7H2,1-3H3;6H,4-5H2,1-3H3/b16-14-;;. The monoisotopic (exact) mass is 509 g/mol. The molecule has 3 nitrogen and oxygen atoms in total. The number of carbonyl (C=O) groups is 1. The quantitative estimate of drug-likeness (QED) is 0.328.